The number of anilines is 2. The van der Waals surface area contributed by atoms with Crippen molar-refractivity contribution in [3.05, 3.63) is 53.0 Å². The molecular weight excluding hydrogens is 278 g/mol. The van der Waals surface area contributed by atoms with Crippen LogP contribution in [0.5, 0.6) is 0 Å². The molecule has 1 aromatic heterocycles. The molecule has 0 saturated carbocycles. The van der Waals surface area contributed by atoms with Crippen LogP contribution in [0.2, 0.25) is 0 Å². The molecule has 3 nitrogen and oxygen atoms in total. The van der Waals surface area contributed by atoms with Gasteiger partial charge in [-0.2, -0.15) is 0 Å². The molecule has 2 heterocycles. The minimum Gasteiger partial charge on any atom is -0.381 e. The molecule has 0 atom stereocenters. The maximum Gasteiger partial charge on any atom is 0.0813 e. The van der Waals surface area contributed by atoms with Crippen molar-refractivity contribution in [3.8, 4) is 0 Å². The van der Waals surface area contributed by atoms with Crippen molar-refractivity contribution in [1.82, 2.24) is 4.98 Å². The number of rotatable bonds is 3. The van der Waals surface area contributed by atoms with Gasteiger partial charge in [-0.3, -0.25) is 0 Å². The van der Waals surface area contributed by atoms with Gasteiger partial charge >= 0.3 is 0 Å². The van der Waals surface area contributed by atoms with E-state index in [1.165, 1.54) is 21.5 Å². The molecule has 0 unspecified atom stereocenters. The standard InChI is InChI=1S/C17H17N3S/c1-20-7-6-13-8-12(2-5-16(13)20)10-18-14-3-4-15-17(9-14)21-11-19-15/h2-5,8-9,11,18H,6-7,10H2,1H3. The molecule has 3 aromatic rings. The Hall–Kier alpha value is -2.07. The zero-order valence-corrected chi connectivity index (χ0v) is 12.8. The number of fused-ring (bicyclic) bond motifs is 2. The SMILES string of the molecule is CN1CCc2cc(CNc3ccc4ncsc4c3)ccc21. The highest BCUT2D eigenvalue weighted by Crippen LogP contribution is 2.28. The van der Waals surface area contributed by atoms with Crippen LogP contribution < -0.4 is 10.2 Å². The Balaban J connectivity index is 1.51. The lowest BCUT2D eigenvalue weighted by molar-refractivity contribution is 0.955. The van der Waals surface area contributed by atoms with Crippen LogP contribution in [0.15, 0.2) is 41.9 Å². The molecule has 4 heteroatoms. The molecule has 1 aliphatic heterocycles. The molecule has 21 heavy (non-hydrogen) atoms. The summed E-state index contributed by atoms with van der Waals surface area (Å²) in [6.07, 6.45) is 1.16. The first-order valence-corrected chi connectivity index (χ1v) is 8.08. The first kappa shape index (κ1) is 12.7. The van der Waals surface area contributed by atoms with Gasteiger partial charge in [0.1, 0.15) is 0 Å². The van der Waals surface area contributed by atoms with Crippen molar-refractivity contribution in [3.63, 3.8) is 0 Å². The fourth-order valence-electron chi connectivity index (χ4n) is 2.90. The monoisotopic (exact) mass is 295 g/mol. The van der Waals surface area contributed by atoms with Gasteiger partial charge in [0.2, 0.25) is 0 Å². The van der Waals surface area contributed by atoms with Crippen LogP contribution in [0.3, 0.4) is 0 Å². The molecular formula is C17H17N3S. The van der Waals surface area contributed by atoms with Crippen LogP contribution in [-0.4, -0.2) is 18.6 Å². The van der Waals surface area contributed by atoms with E-state index in [0.29, 0.717) is 0 Å². The predicted molar refractivity (Wildman–Crippen MR) is 90.4 cm³/mol. The second-order valence-electron chi connectivity index (χ2n) is 5.52. The van der Waals surface area contributed by atoms with Crippen molar-refractivity contribution in [1.29, 1.82) is 0 Å². The van der Waals surface area contributed by atoms with Crippen LogP contribution >= 0.6 is 11.3 Å². The van der Waals surface area contributed by atoms with Crippen molar-refractivity contribution in [2.24, 2.45) is 0 Å². The quantitative estimate of drug-likeness (QED) is 0.794. The molecule has 0 bridgehead atoms. The third-order valence-corrected chi connectivity index (χ3v) is 4.89. The number of thiazole rings is 1. The third-order valence-electron chi connectivity index (χ3n) is 4.10. The van der Waals surface area contributed by atoms with E-state index in [4.69, 9.17) is 0 Å². The summed E-state index contributed by atoms with van der Waals surface area (Å²) < 4.78 is 1.23. The molecule has 0 amide bonds. The Labute approximate surface area is 128 Å². The highest BCUT2D eigenvalue weighted by atomic mass is 32.1. The zero-order chi connectivity index (χ0) is 14.2. The van der Waals surface area contributed by atoms with Crippen LogP contribution in [0, 0.1) is 0 Å². The van der Waals surface area contributed by atoms with Crippen molar-refractivity contribution >= 4 is 32.9 Å². The first-order valence-electron chi connectivity index (χ1n) is 7.20. The Bertz CT molecular complexity index is 794. The highest BCUT2D eigenvalue weighted by molar-refractivity contribution is 7.16. The third kappa shape index (κ3) is 2.36. The lowest BCUT2D eigenvalue weighted by Crippen LogP contribution is -2.12. The van der Waals surface area contributed by atoms with E-state index in [1.807, 2.05) is 5.51 Å². The molecule has 0 fully saturated rings. The topological polar surface area (TPSA) is 28.2 Å². The molecule has 0 aliphatic carbocycles. The van der Waals surface area contributed by atoms with Gasteiger partial charge in [-0.15, -0.1) is 11.3 Å². The maximum atomic E-state index is 4.31. The van der Waals surface area contributed by atoms with E-state index in [0.717, 1.165) is 30.7 Å². The van der Waals surface area contributed by atoms with Gasteiger partial charge in [-0.25, -0.2) is 4.98 Å². The Morgan fingerprint density at radius 3 is 3.14 bits per heavy atom. The molecule has 1 aliphatic rings. The average molecular weight is 295 g/mol. The second-order valence-corrected chi connectivity index (χ2v) is 6.41. The Morgan fingerprint density at radius 1 is 1.24 bits per heavy atom. The number of aromatic nitrogens is 1. The lowest BCUT2D eigenvalue weighted by Gasteiger charge is -2.12. The molecule has 4 rings (SSSR count). The average Bonchev–Trinajstić information content (AvgIpc) is 3.11. The number of nitrogens with one attached hydrogen (secondary N) is 1. The van der Waals surface area contributed by atoms with Gasteiger partial charge in [0.05, 0.1) is 15.7 Å². The summed E-state index contributed by atoms with van der Waals surface area (Å²) in [6, 6.07) is 13.1. The van der Waals surface area contributed by atoms with Gasteiger partial charge in [0, 0.05) is 31.5 Å². The second kappa shape index (κ2) is 5.04. The number of hydrogen-bond acceptors (Lipinski definition) is 4. The molecule has 2 aromatic carbocycles. The molecule has 0 spiro atoms. The molecule has 0 saturated heterocycles. The Morgan fingerprint density at radius 2 is 2.19 bits per heavy atom. The minimum absolute atomic E-state index is 0.862. The fourth-order valence-corrected chi connectivity index (χ4v) is 3.62. The summed E-state index contributed by atoms with van der Waals surface area (Å²) in [5.74, 6) is 0. The van der Waals surface area contributed by atoms with E-state index in [-0.39, 0.29) is 0 Å². The number of hydrogen-bond donors (Lipinski definition) is 1. The summed E-state index contributed by atoms with van der Waals surface area (Å²) in [4.78, 5) is 6.63. The fraction of sp³-hybridized carbons (Fsp3) is 0.235. The van der Waals surface area contributed by atoms with Crippen LogP contribution in [0.1, 0.15) is 11.1 Å². The van der Waals surface area contributed by atoms with Crippen molar-refractivity contribution in [2.45, 2.75) is 13.0 Å². The van der Waals surface area contributed by atoms with Gasteiger partial charge in [0.25, 0.3) is 0 Å². The maximum absolute atomic E-state index is 4.31. The summed E-state index contributed by atoms with van der Waals surface area (Å²) >= 11 is 1.68. The van der Waals surface area contributed by atoms with E-state index in [9.17, 15) is 0 Å². The number of likely N-dealkylation sites (N-methyl/N-ethyl adjacent to an activating group) is 1. The summed E-state index contributed by atoms with van der Waals surface area (Å²) in [5.41, 5.74) is 8.31. The molecule has 1 N–H and O–H groups in total. The normalized spacial score (nSPS) is 13.7. The van der Waals surface area contributed by atoms with Crippen LogP contribution in [0.4, 0.5) is 11.4 Å². The van der Waals surface area contributed by atoms with Gasteiger partial charge in [0.15, 0.2) is 0 Å². The van der Waals surface area contributed by atoms with Gasteiger partial charge < -0.3 is 10.2 Å². The number of benzene rings is 2. The summed E-state index contributed by atoms with van der Waals surface area (Å²) in [6.45, 7) is 2.00. The largest absolute Gasteiger partial charge is 0.381 e. The lowest BCUT2D eigenvalue weighted by atomic mass is 10.1. The Kier molecular flexibility index (Phi) is 3.04. The molecule has 106 valence electrons. The van der Waals surface area contributed by atoms with Gasteiger partial charge in [-0.05, 0) is 41.8 Å². The van der Waals surface area contributed by atoms with Crippen molar-refractivity contribution in [2.75, 3.05) is 23.8 Å². The highest BCUT2D eigenvalue weighted by Gasteiger charge is 2.15. The minimum atomic E-state index is 0.862. The first-order chi connectivity index (χ1) is 10.3. The number of nitrogens with zero attached hydrogens (tertiary/aromatic N) is 2. The van der Waals surface area contributed by atoms with Crippen molar-refractivity contribution < 1.29 is 0 Å². The van der Waals surface area contributed by atoms with E-state index in [2.05, 4.69) is 58.6 Å². The van der Waals surface area contributed by atoms with Crippen LogP contribution in [-0.2, 0) is 13.0 Å². The van der Waals surface area contributed by atoms with Crippen LogP contribution in [0.25, 0.3) is 10.2 Å². The zero-order valence-electron chi connectivity index (χ0n) is 12.0. The van der Waals surface area contributed by atoms with E-state index < -0.39 is 0 Å². The van der Waals surface area contributed by atoms with E-state index in [1.54, 1.807) is 11.3 Å². The molecule has 0 radical (unpaired) electrons. The van der Waals surface area contributed by atoms with Gasteiger partial charge in [-0.1, -0.05) is 12.1 Å². The smallest absolute Gasteiger partial charge is 0.0813 e. The predicted octanol–water partition coefficient (Wildman–Crippen LogP) is 3.90. The van der Waals surface area contributed by atoms with E-state index >= 15 is 0 Å². The summed E-state index contributed by atoms with van der Waals surface area (Å²) in [7, 11) is 2.16. The summed E-state index contributed by atoms with van der Waals surface area (Å²) in [5, 5.41) is 3.51.